The molecule has 1 aliphatic carbocycles. The van der Waals surface area contributed by atoms with E-state index in [2.05, 4.69) is 184 Å². The van der Waals surface area contributed by atoms with Crippen molar-refractivity contribution in [1.29, 1.82) is 0 Å². The highest BCUT2D eigenvalue weighted by Crippen LogP contribution is 2.53. The van der Waals surface area contributed by atoms with Crippen LogP contribution in [0.3, 0.4) is 0 Å². The molecule has 0 heteroatoms. The molecule has 1 aliphatic rings. The molecule has 0 unspecified atom stereocenters. The maximum Gasteiger partial charge on any atom is 0.0165 e. The summed E-state index contributed by atoms with van der Waals surface area (Å²) >= 11 is 0. The Morgan fingerprint density at radius 3 is 1.43 bits per heavy atom. The van der Waals surface area contributed by atoms with Gasteiger partial charge in [-0.05, 0) is 98.7 Å². The monoisotopic (exact) mass is 622 g/mol. The molecule has 9 aromatic carbocycles. The smallest absolute Gasteiger partial charge is 0.0165 e. The second-order valence-corrected chi connectivity index (χ2v) is 14.0. The highest BCUT2D eigenvalue weighted by Gasteiger charge is 2.36. The third-order valence-electron chi connectivity index (χ3n) is 11.1. The van der Waals surface area contributed by atoms with Gasteiger partial charge in [0.15, 0.2) is 0 Å². The topological polar surface area (TPSA) is 0 Å². The molecule has 0 amide bonds. The number of hydrogen-bond donors (Lipinski definition) is 0. The molecule has 0 radical (unpaired) electrons. The van der Waals surface area contributed by atoms with Crippen LogP contribution in [0, 0.1) is 0 Å². The third kappa shape index (κ3) is 3.98. The van der Waals surface area contributed by atoms with E-state index in [4.69, 9.17) is 0 Å². The van der Waals surface area contributed by atoms with Crippen molar-refractivity contribution in [2.45, 2.75) is 19.3 Å². The first-order valence-corrected chi connectivity index (χ1v) is 17.3. The van der Waals surface area contributed by atoms with Crippen LogP contribution in [0.1, 0.15) is 25.0 Å². The zero-order valence-electron chi connectivity index (χ0n) is 27.7. The van der Waals surface area contributed by atoms with E-state index in [-0.39, 0.29) is 5.41 Å². The number of hydrogen-bond acceptors (Lipinski definition) is 0. The highest BCUT2D eigenvalue weighted by atomic mass is 14.4. The second kappa shape index (κ2) is 10.5. The third-order valence-corrected chi connectivity index (χ3v) is 11.1. The van der Waals surface area contributed by atoms with Gasteiger partial charge < -0.3 is 0 Å². The minimum Gasteiger partial charge on any atom is -0.0622 e. The van der Waals surface area contributed by atoms with Crippen molar-refractivity contribution in [3.05, 3.63) is 181 Å². The fourth-order valence-corrected chi connectivity index (χ4v) is 8.97. The van der Waals surface area contributed by atoms with E-state index >= 15 is 0 Å². The Morgan fingerprint density at radius 2 is 0.735 bits per heavy atom. The summed E-state index contributed by atoms with van der Waals surface area (Å²) in [5, 5.41) is 10.3. The lowest BCUT2D eigenvalue weighted by Crippen LogP contribution is -2.15. The van der Waals surface area contributed by atoms with Gasteiger partial charge in [-0.1, -0.05) is 184 Å². The van der Waals surface area contributed by atoms with Gasteiger partial charge in [-0.3, -0.25) is 0 Å². The summed E-state index contributed by atoms with van der Waals surface area (Å²) in [6.07, 6.45) is 0. The predicted molar refractivity (Wildman–Crippen MR) is 210 cm³/mol. The Balaban J connectivity index is 1.24. The lowest BCUT2D eigenvalue weighted by Gasteiger charge is -2.24. The largest absolute Gasteiger partial charge is 0.0622 e. The molecule has 9 aromatic rings. The molecule has 0 saturated heterocycles. The van der Waals surface area contributed by atoms with Crippen molar-refractivity contribution in [2.24, 2.45) is 0 Å². The SMILES string of the molecule is CC1(C)c2ccccc2-c2ccc3c(-c4ccc(-c5c6ccccc6c(-c6ccccc6)c6ccccc56)c5ccccc45)cccc3c21. The van der Waals surface area contributed by atoms with Gasteiger partial charge in [-0.2, -0.15) is 0 Å². The van der Waals surface area contributed by atoms with Crippen molar-refractivity contribution >= 4 is 43.1 Å². The maximum absolute atomic E-state index is 2.38. The lowest BCUT2D eigenvalue weighted by atomic mass is 9.79. The van der Waals surface area contributed by atoms with E-state index in [9.17, 15) is 0 Å². The first-order chi connectivity index (χ1) is 24.1. The van der Waals surface area contributed by atoms with Crippen LogP contribution in [-0.2, 0) is 5.41 Å². The zero-order chi connectivity index (χ0) is 32.7. The molecule has 0 atom stereocenters. The number of fused-ring (bicyclic) bond motifs is 8. The first kappa shape index (κ1) is 28.1. The molecule has 0 saturated carbocycles. The minimum absolute atomic E-state index is 0.0655. The van der Waals surface area contributed by atoms with E-state index in [1.807, 2.05) is 0 Å². The predicted octanol–water partition coefficient (Wildman–Crippen LogP) is 13.6. The Labute approximate surface area is 286 Å². The van der Waals surface area contributed by atoms with E-state index in [0.717, 1.165) is 0 Å². The van der Waals surface area contributed by atoms with Crippen LogP contribution in [-0.4, -0.2) is 0 Å². The summed E-state index contributed by atoms with van der Waals surface area (Å²) in [5.74, 6) is 0. The molecule has 0 nitrogen and oxygen atoms in total. The van der Waals surface area contributed by atoms with E-state index in [1.165, 1.54) is 98.7 Å². The molecule has 0 heterocycles. The molecule has 0 N–H and O–H groups in total. The molecule has 230 valence electrons. The Hall–Kier alpha value is -5.98. The molecule has 0 spiro atoms. The minimum atomic E-state index is -0.0655. The van der Waals surface area contributed by atoms with E-state index in [1.54, 1.807) is 0 Å². The van der Waals surface area contributed by atoms with Gasteiger partial charge >= 0.3 is 0 Å². The summed E-state index contributed by atoms with van der Waals surface area (Å²) in [5.41, 5.74) is 13.2. The summed E-state index contributed by atoms with van der Waals surface area (Å²) in [4.78, 5) is 0. The first-order valence-electron chi connectivity index (χ1n) is 17.3. The maximum atomic E-state index is 2.38. The van der Waals surface area contributed by atoms with Crippen LogP contribution < -0.4 is 0 Å². The zero-order valence-corrected chi connectivity index (χ0v) is 27.7. The van der Waals surface area contributed by atoms with Crippen LogP contribution >= 0.6 is 0 Å². The average Bonchev–Trinajstić information content (AvgIpc) is 3.40. The van der Waals surface area contributed by atoms with Crippen molar-refractivity contribution in [3.63, 3.8) is 0 Å². The molecular weight excluding hydrogens is 589 g/mol. The summed E-state index contributed by atoms with van der Waals surface area (Å²) < 4.78 is 0. The molecule has 10 rings (SSSR count). The average molecular weight is 623 g/mol. The van der Waals surface area contributed by atoms with Gasteiger partial charge in [0.1, 0.15) is 0 Å². The van der Waals surface area contributed by atoms with Crippen molar-refractivity contribution < 1.29 is 0 Å². The number of benzene rings is 9. The van der Waals surface area contributed by atoms with Crippen LogP contribution in [0.5, 0.6) is 0 Å². The Bertz CT molecular complexity index is 2720. The number of rotatable bonds is 3. The lowest BCUT2D eigenvalue weighted by molar-refractivity contribution is 0.666. The summed E-state index contributed by atoms with van der Waals surface area (Å²) in [6, 6.07) is 63.0. The fraction of sp³-hybridized carbons (Fsp3) is 0.0612. The molecule has 0 fully saturated rings. The standard InChI is InChI=1S/C49H34/c1-49(2)45-26-13-12-19-37(45)44-30-28-36-33(24-14-25-43(36)48(44)49)35-27-29-42(34-18-7-6-17-32(34)35)47-40-22-10-8-20-38(40)46(31-15-4-3-5-16-31)39-21-9-11-23-41(39)47/h3-30H,1-2H3. The van der Waals surface area contributed by atoms with Gasteiger partial charge in [0.25, 0.3) is 0 Å². The summed E-state index contributed by atoms with van der Waals surface area (Å²) in [6.45, 7) is 4.76. The Morgan fingerprint density at radius 1 is 0.286 bits per heavy atom. The molecular formula is C49H34. The molecule has 0 aliphatic heterocycles. The normalized spacial score (nSPS) is 13.3. The molecule has 49 heavy (non-hydrogen) atoms. The van der Waals surface area contributed by atoms with Crippen LogP contribution in [0.15, 0.2) is 170 Å². The quantitative estimate of drug-likeness (QED) is 0.172. The Kier molecular flexibility index (Phi) is 6.02. The second-order valence-electron chi connectivity index (χ2n) is 14.0. The van der Waals surface area contributed by atoms with Crippen LogP contribution in [0.25, 0.3) is 87.6 Å². The van der Waals surface area contributed by atoms with Gasteiger partial charge in [0.05, 0.1) is 0 Å². The van der Waals surface area contributed by atoms with E-state index < -0.39 is 0 Å². The van der Waals surface area contributed by atoms with Crippen molar-refractivity contribution in [3.8, 4) is 44.5 Å². The van der Waals surface area contributed by atoms with Crippen LogP contribution in [0.2, 0.25) is 0 Å². The van der Waals surface area contributed by atoms with Crippen molar-refractivity contribution in [2.75, 3.05) is 0 Å². The van der Waals surface area contributed by atoms with Crippen LogP contribution in [0.4, 0.5) is 0 Å². The van der Waals surface area contributed by atoms with Gasteiger partial charge in [0.2, 0.25) is 0 Å². The van der Waals surface area contributed by atoms with Gasteiger partial charge in [-0.15, -0.1) is 0 Å². The molecule has 0 aromatic heterocycles. The fourth-order valence-electron chi connectivity index (χ4n) is 8.97. The summed E-state index contributed by atoms with van der Waals surface area (Å²) in [7, 11) is 0. The van der Waals surface area contributed by atoms with Gasteiger partial charge in [0, 0.05) is 5.41 Å². The van der Waals surface area contributed by atoms with E-state index in [0.29, 0.717) is 0 Å². The highest BCUT2D eigenvalue weighted by molar-refractivity contribution is 6.24. The van der Waals surface area contributed by atoms with Crippen molar-refractivity contribution in [1.82, 2.24) is 0 Å². The van der Waals surface area contributed by atoms with Gasteiger partial charge in [-0.25, -0.2) is 0 Å². The molecule has 0 bridgehead atoms.